The minimum absolute atomic E-state index is 1.23. The Labute approximate surface area is 291 Å². The van der Waals surface area contributed by atoms with Crippen LogP contribution in [0.4, 0.5) is 0 Å². The molecule has 0 N–H and O–H groups in total. The summed E-state index contributed by atoms with van der Waals surface area (Å²) in [5.41, 5.74) is 9.99. The minimum atomic E-state index is 1.23. The molecule has 232 valence electrons. The average Bonchev–Trinajstić information content (AvgIpc) is 3.19. The maximum atomic E-state index is 2.39. The molecule has 0 fully saturated rings. The first-order chi connectivity index (χ1) is 24.8. The van der Waals surface area contributed by atoms with Crippen LogP contribution in [-0.4, -0.2) is 0 Å². The molecule has 0 heteroatoms. The van der Waals surface area contributed by atoms with Crippen molar-refractivity contribution in [1.82, 2.24) is 0 Å². The molecule has 10 aromatic rings. The van der Waals surface area contributed by atoms with Gasteiger partial charge in [-0.05, 0) is 117 Å². The van der Waals surface area contributed by atoms with Crippen LogP contribution in [0.25, 0.3) is 98.4 Å². The van der Waals surface area contributed by atoms with E-state index in [-0.39, 0.29) is 0 Å². The molecule has 0 unspecified atom stereocenters. The Balaban J connectivity index is 1.16. The van der Waals surface area contributed by atoms with Crippen molar-refractivity contribution in [3.63, 3.8) is 0 Å². The van der Waals surface area contributed by atoms with Gasteiger partial charge in [-0.3, -0.25) is 0 Å². The van der Waals surface area contributed by atoms with Gasteiger partial charge in [0, 0.05) is 0 Å². The van der Waals surface area contributed by atoms with Crippen molar-refractivity contribution in [3.8, 4) is 44.5 Å². The first kappa shape index (κ1) is 28.5. The van der Waals surface area contributed by atoms with Crippen LogP contribution >= 0.6 is 0 Å². The topological polar surface area (TPSA) is 0 Å². The van der Waals surface area contributed by atoms with E-state index in [4.69, 9.17) is 0 Å². The monoisotopic (exact) mass is 632 g/mol. The van der Waals surface area contributed by atoms with Gasteiger partial charge < -0.3 is 0 Å². The molecule has 0 aliphatic carbocycles. The van der Waals surface area contributed by atoms with Crippen LogP contribution in [0.5, 0.6) is 0 Å². The summed E-state index contributed by atoms with van der Waals surface area (Å²) in [6, 6.07) is 71.3. The zero-order valence-corrected chi connectivity index (χ0v) is 27.5. The lowest BCUT2D eigenvalue weighted by Crippen LogP contribution is -1.91. The smallest absolute Gasteiger partial charge is 0.00262 e. The lowest BCUT2D eigenvalue weighted by Gasteiger charge is -2.19. The SMILES string of the molecule is c1ccc(-c2ccc3cc(-c4c5ccccc5c(-c5cccc(-c6cccc7c6ccc6ccccc67)c5)c5ccccc45)ccc3c2)cc1. The van der Waals surface area contributed by atoms with Gasteiger partial charge in [0.25, 0.3) is 0 Å². The fraction of sp³-hybridized carbons (Fsp3) is 0. The standard InChI is InChI=1S/C50H32/c1-2-12-33(13-3-1)35-24-25-37-31-40(27-26-36(37)30-35)50-47-20-8-6-18-45(47)49(46-19-7-9-21-48(46)50)39-16-10-15-38(32-39)42-22-11-23-43-41-17-5-4-14-34(41)28-29-44(42)43/h1-32H. The summed E-state index contributed by atoms with van der Waals surface area (Å²) in [5.74, 6) is 0. The molecule has 0 aromatic heterocycles. The lowest BCUT2D eigenvalue weighted by molar-refractivity contribution is 1.63. The zero-order chi connectivity index (χ0) is 33.0. The summed E-state index contributed by atoms with van der Waals surface area (Å²) in [6.45, 7) is 0. The summed E-state index contributed by atoms with van der Waals surface area (Å²) in [4.78, 5) is 0. The fourth-order valence-electron chi connectivity index (χ4n) is 8.10. The molecule has 0 heterocycles. The van der Waals surface area contributed by atoms with Gasteiger partial charge in [-0.1, -0.05) is 176 Å². The summed E-state index contributed by atoms with van der Waals surface area (Å²) in [5, 5.41) is 12.7. The van der Waals surface area contributed by atoms with Crippen molar-refractivity contribution in [2.45, 2.75) is 0 Å². The van der Waals surface area contributed by atoms with E-state index in [9.17, 15) is 0 Å². The molecule has 0 amide bonds. The molecule has 0 nitrogen and oxygen atoms in total. The van der Waals surface area contributed by atoms with Gasteiger partial charge in [-0.2, -0.15) is 0 Å². The van der Waals surface area contributed by atoms with Crippen LogP contribution in [-0.2, 0) is 0 Å². The first-order valence-corrected chi connectivity index (χ1v) is 17.3. The van der Waals surface area contributed by atoms with E-state index >= 15 is 0 Å². The van der Waals surface area contributed by atoms with E-state index in [1.807, 2.05) is 0 Å². The molecule has 0 spiro atoms. The van der Waals surface area contributed by atoms with Crippen molar-refractivity contribution < 1.29 is 0 Å². The van der Waals surface area contributed by atoms with Gasteiger partial charge in [0.2, 0.25) is 0 Å². The molecule has 50 heavy (non-hydrogen) atoms. The molecule has 10 rings (SSSR count). The largest absolute Gasteiger partial charge is 0.0622 e. The maximum Gasteiger partial charge on any atom is -0.00262 e. The van der Waals surface area contributed by atoms with Crippen LogP contribution in [0.1, 0.15) is 0 Å². The highest BCUT2D eigenvalue weighted by molar-refractivity contribution is 6.22. The van der Waals surface area contributed by atoms with Crippen LogP contribution in [0, 0.1) is 0 Å². The summed E-state index contributed by atoms with van der Waals surface area (Å²) in [6.07, 6.45) is 0. The molecule has 0 aliphatic rings. The molecule has 0 saturated heterocycles. The summed E-state index contributed by atoms with van der Waals surface area (Å²) in [7, 11) is 0. The number of benzene rings is 10. The number of hydrogen-bond acceptors (Lipinski definition) is 0. The van der Waals surface area contributed by atoms with Gasteiger partial charge in [0.15, 0.2) is 0 Å². The predicted molar refractivity (Wildman–Crippen MR) is 216 cm³/mol. The highest BCUT2D eigenvalue weighted by Gasteiger charge is 2.18. The molecular weight excluding hydrogens is 601 g/mol. The Bertz CT molecular complexity index is 2860. The Hall–Kier alpha value is -6.50. The normalized spacial score (nSPS) is 11.6. The Morgan fingerprint density at radius 2 is 0.680 bits per heavy atom. The molecule has 0 atom stereocenters. The van der Waals surface area contributed by atoms with Crippen LogP contribution < -0.4 is 0 Å². The predicted octanol–water partition coefficient (Wildman–Crippen LogP) is 14.1. The van der Waals surface area contributed by atoms with Crippen LogP contribution in [0.2, 0.25) is 0 Å². The van der Waals surface area contributed by atoms with E-state index in [2.05, 4.69) is 194 Å². The fourth-order valence-corrected chi connectivity index (χ4v) is 8.10. The van der Waals surface area contributed by atoms with E-state index in [0.717, 1.165) is 0 Å². The zero-order valence-electron chi connectivity index (χ0n) is 27.5. The van der Waals surface area contributed by atoms with Gasteiger partial charge >= 0.3 is 0 Å². The van der Waals surface area contributed by atoms with Gasteiger partial charge in [-0.25, -0.2) is 0 Å². The highest BCUT2D eigenvalue weighted by atomic mass is 14.2. The van der Waals surface area contributed by atoms with Crippen molar-refractivity contribution in [2.24, 2.45) is 0 Å². The number of hydrogen-bond donors (Lipinski definition) is 0. The van der Waals surface area contributed by atoms with Crippen molar-refractivity contribution in [3.05, 3.63) is 194 Å². The molecule has 0 radical (unpaired) electrons. The molecule has 0 aliphatic heterocycles. The van der Waals surface area contributed by atoms with Crippen molar-refractivity contribution >= 4 is 53.9 Å². The Morgan fingerprint density at radius 3 is 1.38 bits per heavy atom. The molecule has 0 saturated carbocycles. The Kier molecular flexibility index (Phi) is 6.60. The second-order valence-corrected chi connectivity index (χ2v) is 13.3. The molecule has 10 aromatic carbocycles. The van der Waals surface area contributed by atoms with Crippen molar-refractivity contribution in [1.29, 1.82) is 0 Å². The second kappa shape index (κ2) is 11.6. The lowest BCUT2D eigenvalue weighted by atomic mass is 9.85. The van der Waals surface area contributed by atoms with E-state index < -0.39 is 0 Å². The van der Waals surface area contributed by atoms with E-state index in [1.54, 1.807) is 0 Å². The Morgan fingerprint density at radius 1 is 0.200 bits per heavy atom. The molecule has 0 bridgehead atoms. The van der Waals surface area contributed by atoms with Crippen LogP contribution in [0.15, 0.2) is 194 Å². The minimum Gasteiger partial charge on any atom is -0.0622 e. The van der Waals surface area contributed by atoms with Crippen LogP contribution in [0.3, 0.4) is 0 Å². The second-order valence-electron chi connectivity index (χ2n) is 13.3. The van der Waals surface area contributed by atoms with Gasteiger partial charge in [0.05, 0.1) is 0 Å². The third-order valence-corrected chi connectivity index (χ3v) is 10.4. The third kappa shape index (κ3) is 4.61. The summed E-state index contributed by atoms with van der Waals surface area (Å²) >= 11 is 0. The first-order valence-electron chi connectivity index (χ1n) is 17.3. The highest BCUT2D eigenvalue weighted by Crippen LogP contribution is 2.45. The molecular formula is C50H32. The summed E-state index contributed by atoms with van der Waals surface area (Å²) < 4.78 is 0. The van der Waals surface area contributed by atoms with Crippen molar-refractivity contribution in [2.75, 3.05) is 0 Å². The third-order valence-electron chi connectivity index (χ3n) is 10.4. The number of rotatable bonds is 4. The number of fused-ring (bicyclic) bond motifs is 6. The van der Waals surface area contributed by atoms with E-state index in [0.29, 0.717) is 0 Å². The average molecular weight is 633 g/mol. The van der Waals surface area contributed by atoms with Gasteiger partial charge in [-0.15, -0.1) is 0 Å². The van der Waals surface area contributed by atoms with Gasteiger partial charge in [0.1, 0.15) is 0 Å². The van der Waals surface area contributed by atoms with E-state index in [1.165, 1.54) is 98.4 Å². The quantitative estimate of drug-likeness (QED) is 0.134. The maximum absolute atomic E-state index is 2.39.